The molecule has 27 heavy (non-hydrogen) atoms. The van der Waals surface area contributed by atoms with Crippen LogP contribution in [0, 0.1) is 0 Å². The molecule has 0 saturated carbocycles. The summed E-state index contributed by atoms with van der Waals surface area (Å²) >= 11 is 5.37. The number of carbonyl (C=O) groups is 1. The van der Waals surface area contributed by atoms with E-state index >= 15 is 0 Å². The Bertz CT molecular complexity index is 294. The number of alkyl halides is 1. The molecule has 2 nitrogen and oxygen atoms in total. The third kappa shape index (κ3) is 23.7. The van der Waals surface area contributed by atoms with Gasteiger partial charge in [-0.2, -0.15) is 0 Å². The number of hydrogen-bond acceptors (Lipinski definition) is 2. The van der Waals surface area contributed by atoms with Crippen molar-refractivity contribution in [3.05, 3.63) is 0 Å². The van der Waals surface area contributed by atoms with Crippen LogP contribution in [-0.4, -0.2) is 18.5 Å². The standard InChI is InChI=1S/C24H47ClO2/c1-2-3-4-5-6-7-8-9-10-11-12-13-14-15-16-17-18-19-20-21-22-27-24(26)23-25/h2-23H2,1H3. The second kappa shape index (κ2) is 23.8. The quantitative estimate of drug-likeness (QED) is 0.103. The predicted molar refractivity (Wildman–Crippen MR) is 120 cm³/mol. The Morgan fingerprint density at radius 1 is 0.556 bits per heavy atom. The summed E-state index contributed by atoms with van der Waals surface area (Å²) in [5.74, 6) is -0.325. The lowest BCUT2D eigenvalue weighted by Crippen LogP contribution is -2.06. The molecule has 0 aromatic carbocycles. The van der Waals surface area contributed by atoms with Crippen molar-refractivity contribution in [2.24, 2.45) is 0 Å². The van der Waals surface area contributed by atoms with Crippen molar-refractivity contribution in [3.8, 4) is 0 Å². The zero-order chi connectivity index (χ0) is 19.8. The Hall–Kier alpha value is -0.240. The van der Waals surface area contributed by atoms with Crippen molar-refractivity contribution in [3.63, 3.8) is 0 Å². The minimum atomic E-state index is -0.297. The van der Waals surface area contributed by atoms with Crippen molar-refractivity contribution in [2.45, 2.75) is 135 Å². The summed E-state index contributed by atoms with van der Waals surface area (Å²) in [7, 11) is 0. The van der Waals surface area contributed by atoms with Crippen LogP contribution in [0.5, 0.6) is 0 Å². The molecule has 0 atom stereocenters. The van der Waals surface area contributed by atoms with Crippen LogP contribution in [0.2, 0.25) is 0 Å². The predicted octanol–water partition coefficient (Wildman–Crippen LogP) is 8.59. The minimum absolute atomic E-state index is 0.0286. The first-order valence-corrected chi connectivity index (χ1v) is 12.6. The number of hydrogen-bond donors (Lipinski definition) is 0. The maximum atomic E-state index is 10.9. The molecule has 0 amide bonds. The molecule has 0 aliphatic heterocycles. The van der Waals surface area contributed by atoms with E-state index in [4.69, 9.17) is 16.3 Å². The summed E-state index contributed by atoms with van der Waals surface area (Å²) in [6.07, 6.45) is 27.6. The van der Waals surface area contributed by atoms with Gasteiger partial charge in [0.05, 0.1) is 6.61 Å². The van der Waals surface area contributed by atoms with Crippen LogP contribution in [0.1, 0.15) is 135 Å². The number of halogens is 1. The fourth-order valence-corrected chi connectivity index (χ4v) is 3.66. The van der Waals surface area contributed by atoms with Crippen molar-refractivity contribution in [1.82, 2.24) is 0 Å². The highest BCUT2D eigenvalue weighted by Gasteiger charge is 1.99. The summed E-state index contributed by atoms with van der Waals surface area (Å²) in [6, 6.07) is 0. The van der Waals surface area contributed by atoms with Gasteiger partial charge in [-0.05, 0) is 6.42 Å². The molecule has 0 N–H and O–H groups in total. The molecule has 0 saturated heterocycles. The molecule has 0 heterocycles. The Balaban J connectivity index is 3.00. The third-order valence-electron chi connectivity index (χ3n) is 5.37. The average Bonchev–Trinajstić information content (AvgIpc) is 2.68. The normalized spacial score (nSPS) is 11.0. The van der Waals surface area contributed by atoms with Crippen LogP contribution in [0.25, 0.3) is 0 Å². The number of carbonyl (C=O) groups excluding carboxylic acids is 1. The average molecular weight is 403 g/mol. The largest absolute Gasteiger partial charge is 0.465 e. The summed E-state index contributed by atoms with van der Waals surface area (Å²) in [5, 5.41) is 0. The first kappa shape index (κ1) is 26.8. The lowest BCUT2D eigenvalue weighted by Gasteiger charge is -2.04. The fourth-order valence-electron chi connectivity index (χ4n) is 3.58. The zero-order valence-electron chi connectivity index (χ0n) is 18.3. The maximum Gasteiger partial charge on any atom is 0.320 e. The number of esters is 1. The van der Waals surface area contributed by atoms with Gasteiger partial charge in [-0.3, -0.25) is 4.79 Å². The first-order chi connectivity index (χ1) is 13.3. The molecule has 0 aromatic rings. The molecule has 0 rings (SSSR count). The molecule has 3 heteroatoms. The number of rotatable bonds is 22. The Labute approximate surface area is 175 Å². The van der Waals surface area contributed by atoms with E-state index in [0.29, 0.717) is 6.61 Å². The molecule has 0 unspecified atom stereocenters. The molecule has 162 valence electrons. The highest BCUT2D eigenvalue weighted by molar-refractivity contribution is 6.26. The van der Waals surface area contributed by atoms with Crippen LogP contribution in [0.3, 0.4) is 0 Å². The second-order valence-electron chi connectivity index (χ2n) is 8.07. The molecule has 0 aliphatic carbocycles. The second-order valence-corrected chi connectivity index (χ2v) is 8.34. The van der Waals surface area contributed by atoms with Gasteiger partial charge in [0.25, 0.3) is 0 Å². The highest BCUT2D eigenvalue weighted by atomic mass is 35.5. The lowest BCUT2D eigenvalue weighted by atomic mass is 10.0. The molecule has 0 aliphatic rings. The van der Waals surface area contributed by atoms with E-state index in [-0.39, 0.29) is 11.8 Å². The first-order valence-electron chi connectivity index (χ1n) is 12.0. The van der Waals surface area contributed by atoms with Crippen molar-refractivity contribution < 1.29 is 9.53 Å². The molecular weight excluding hydrogens is 356 g/mol. The maximum absolute atomic E-state index is 10.9. The monoisotopic (exact) mass is 402 g/mol. The molecule has 0 spiro atoms. The molecule has 0 aromatic heterocycles. The molecule has 0 bridgehead atoms. The van der Waals surface area contributed by atoms with E-state index in [1.165, 1.54) is 116 Å². The van der Waals surface area contributed by atoms with E-state index in [1.54, 1.807) is 0 Å². The topological polar surface area (TPSA) is 26.3 Å². The van der Waals surface area contributed by atoms with Crippen LogP contribution in [-0.2, 0) is 9.53 Å². The van der Waals surface area contributed by atoms with E-state index in [2.05, 4.69) is 6.92 Å². The van der Waals surface area contributed by atoms with Crippen molar-refractivity contribution in [1.29, 1.82) is 0 Å². The Morgan fingerprint density at radius 2 is 0.852 bits per heavy atom. The Morgan fingerprint density at radius 3 is 1.15 bits per heavy atom. The summed E-state index contributed by atoms with van der Waals surface area (Å²) in [4.78, 5) is 10.9. The Kier molecular flexibility index (Phi) is 23.6. The van der Waals surface area contributed by atoms with Crippen molar-refractivity contribution >= 4 is 17.6 Å². The smallest absolute Gasteiger partial charge is 0.320 e. The van der Waals surface area contributed by atoms with E-state index < -0.39 is 0 Å². The highest BCUT2D eigenvalue weighted by Crippen LogP contribution is 2.14. The van der Waals surface area contributed by atoms with E-state index in [9.17, 15) is 4.79 Å². The molecule has 0 fully saturated rings. The number of ether oxygens (including phenoxy) is 1. The van der Waals surface area contributed by atoms with Crippen LogP contribution >= 0.6 is 11.6 Å². The van der Waals surface area contributed by atoms with Gasteiger partial charge in [0, 0.05) is 0 Å². The van der Waals surface area contributed by atoms with Gasteiger partial charge in [-0.25, -0.2) is 0 Å². The van der Waals surface area contributed by atoms with E-state index in [0.717, 1.165) is 12.8 Å². The van der Waals surface area contributed by atoms with Gasteiger partial charge in [0.1, 0.15) is 5.88 Å². The fraction of sp³-hybridized carbons (Fsp3) is 0.958. The van der Waals surface area contributed by atoms with Crippen LogP contribution < -0.4 is 0 Å². The third-order valence-corrected chi connectivity index (χ3v) is 5.59. The van der Waals surface area contributed by atoms with Crippen molar-refractivity contribution in [2.75, 3.05) is 12.5 Å². The van der Waals surface area contributed by atoms with Gasteiger partial charge < -0.3 is 4.74 Å². The summed E-state index contributed by atoms with van der Waals surface area (Å²) < 4.78 is 4.96. The zero-order valence-corrected chi connectivity index (χ0v) is 19.0. The van der Waals surface area contributed by atoms with Gasteiger partial charge in [0.15, 0.2) is 0 Å². The summed E-state index contributed by atoms with van der Waals surface area (Å²) in [6.45, 7) is 2.82. The SMILES string of the molecule is CCCCCCCCCCCCCCCCCCCCCCOC(=O)CCl. The van der Waals surface area contributed by atoms with Crippen LogP contribution in [0.4, 0.5) is 0 Å². The van der Waals surface area contributed by atoms with Gasteiger partial charge in [-0.1, -0.05) is 129 Å². The summed E-state index contributed by atoms with van der Waals surface area (Å²) in [5.41, 5.74) is 0. The van der Waals surface area contributed by atoms with Crippen LogP contribution in [0.15, 0.2) is 0 Å². The molecular formula is C24H47ClO2. The van der Waals surface area contributed by atoms with Gasteiger partial charge in [0.2, 0.25) is 0 Å². The van der Waals surface area contributed by atoms with Gasteiger partial charge in [-0.15, -0.1) is 11.6 Å². The number of unbranched alkanes of at least 4 members (excludes halogenated alkanes) is 19. The lowest BCUT2D eigenvalue weighted by molar-refractivity contribution is -0.140. The minimum Gasteiger partial charge on any atom is -0.465 e. The molecule has 0 radical (unpaired) electrons. The van der Waals surface area contributed by atoms with Gasteiger partial charge >= 0.3 is 5.97 Å². The van der Waals surface area contributed by atoms with E-state index in [1.807, 2.05) is 0 Å².